The first-order chi connectivity index (χ1) is 7.03. The maximum atomic E-state index is 3.66. The molecule has 0 saturated carbocycles. The van der Waals surface area contributed by atoms with Crippen molar-refractivity contribution in [2.75, 3.05) is 26.0 Å². The van der Waals surface area contributed by atoms with Gasteiger partial charge in [0.25, 0.3) is 0 Å². The lowest BCUT2D eigenvalue weighted by molar-refractivity contribution is -0.902. The topological polar surface area (TPSA) is 0 Å². The summed E-state index contributed by atoms with van der Waals surface area (Å²) < 4.78 is 1.01. The molecule has 0 aromatic heterocycles. The average molecular weight is 416 g/mol. The van der Waals surface area contributed by atoms with Gasteiger partial charge in [0.1, 0.15) is 6.54 Å². The summed E-state index contributed by atoms with van der Waals surface area (Å²) in [4.78, 5) is 0.538. The molecule has 0 fully saturated rings. The Balaban J connectivity index is 0.00000225. The van der Waals surface area contributed by atoms with Gasteiger partial charge in [-0.1, -0.05) is 62.2 Å². The summed E-state index contributed by atoms with van der Waals surface area (Å²) in [6.07, 6.45) is 0. The van der Waals surface area contributed by atoms with Gasteiger partial charge in [0.15, 0.2) is 0 Å². The second-order valence-electron chi connectivity index (χ2n) is 4.51. The summed E-state index contributed by atoms with van der Waals surface area (Å²) in [6.45, 7) is 2.20. The number of alkyl halides is 2. The molecule has 1 unspecified atom stereocenters. The predicted molar refractivity (Wildman–Crippen MR) is 73.6 cm³/mol. The zero-order valence-electron chi connectivity index (χ0n) is 9.67. The van der Waals surface area contributed by atoms with E-state index in [-0.39, 0.29) is 17.0 Å². The molecule has 0 saturated heterocycles. The minimum absolute atomic E-state index is 0. The van der Waals surface area contributed by atoms with Crippen molar-refractivity contribution in [3.63, 3.8) is 0 Å². The minimum atomic E-state index is 0. The Bertz CT molecular complexity index is 288. The fourth-order valence-corrected chi connectivity index (χ4v) is 2.72. The fraction of sp³-hybridized carbons (Fsp3) is 0.500. The van der Waals surface area contributed by atoms with Crippen LogP contribution in [0.4, 0.5) is 0 Å². The summed E-state index contributed by atoms with van der Waals surface area (Å²) in [5.41, 5.74) is 1.40. The Morgan fingerprint density at radius 3 is 2.25 bits per heavy atom. The van der Waals surface area contributed by atoms with Gasteiger partial charge in [0.05, 0.1) is 25.5 Å². The van der Waals surface area contributed by atoms with Gasteiger partial charge in [-0.15, -0.1) is 0 Å². The van der Waals surface area contributed by atoms with Crippen molar-refractivity contribution in [3.8, 4) is 0 Å². The standard InChI is InChI=1S/C12H18Br2N.BrH/c1-15(2,10-12(14)8-13)9-11-6-4-3-5-7-11;/h3-7,12H,8-10H2,1-2H3;1H/q+1;/p-1. The third kappa shape index (κ3) is 6.38. The molecule has 1 aromatic carbocycles. The van der Waals surface area contributed by atoms with Gasteiger partial charge >= 0.3 is 0 Å². The molecule has 0 N–H and O–H groups in total. The second-order valence-corrected chi connectivity index (χ2v) is 6.46. The van der Waals surface area contributed by atoms with Crippen LogP contribution in [0.1, 0.15) is 5.56 Å². The summed E-state index contributed by atoms with van der Waals surface area (Å²) in [6, 6.07) is 10.7. The van der Waals surface area contributed by atoms with E-state index in [0.29, 0.717) is 4.83 Å². The molecule has 16 heavy (non-hydrogen) atoms. The number of quaternary nitrogens is 1. The molecular weight excluding hydrogens is 398 g/mol. The molecule has 0 amide bonds. The molecule has 1 atom stereocenters. The number of benzene rings is 1. The van der Waals surface area contributed by atoms with E-state index in [4.69, 9.17) is 0 Å². The van der Waals surface area contributed by atoms with E-state index in [1.165, 1.54) is 5.56 Å². The van der Waals surface area contributed by atoms with Crippen LogP contribution in [0.25, 0.3) is 0 Å². The smallest absolute Gasteiger partial charge is 0.104 e. The molecule has 0 bridgehead atoms. The molecule has 0 spiro atoms. The minimum Gasteiger partial charge on any atom is -1.00 e. The molecular formula is C12H18Br3N. The lowest BCUT2D eigenvalue weighted by Crippen LogP contribution is -3.00. The van der Waals surface area contributed by atoms with Crippen LogP contribution in [0.15, 0.2) is 30.3 Å². The SMILES string of the molecule is C[N+](C)(Cc1ccccc1)CC(Br)CBr.[Br-]. The molecule has 0 aliphatic heterocycles. The largest absolute Gasteiger partial charge is 1.00 e. The van der Waals surface area contributed by atoms with E-state index in [0.717, 1.165) is 22.9 Å². The maximum Gasteiger partial charge on any atom is 0.104 e. The Morgan fingerprint density at radius 2 is 1.75 bits per heavy atom. The molecule has 1 aromatic rings. The van der Waals surface area contributed by atoms with Crippen molar-refractivity contribution >= 4 is 31.9 Å². The quantitative estimate of drug-likeness (QED) is 0.483. The summed E-state index contributed by atoms with van der Waals surface area (Å²) in [7, 11) is 4.54. The lowest BCUT2D eigenvalue weighted by atomic mass is 10.2. The van der Waals surface area contributed by atoms with E-state index in [9.17, 15) is 0 Å². The van der Waals surface area contributed by atoms with Crippen LogP contribution >= 0.6 is 31.9 Å². The molecule has 0 heterocycles. The number of hydrogen-bond donors (Lipinski definition) is 0. The monoisotopic (exact) mass is 413 g/mol. The first-order valence-electron chi connectivity index (χ1n) is 5.09. The van der Waals surface area contributed by atoms with Gasteiger partial charge in [-0.05, 0) is 0 Å². The summed E-state index contributed by atoms with van der Waals surface area (Å²) in [5.74, 6) is 0. The third-order valence-corrected chi connectivity index (χ3v) is 4.58. The van der Waals surface area contributed by atoms with E-state index in [2.05, 4.69) is 76.3 Å². The van der Waals surface area contributed by atoms with Crippen LogP contribution in [0.5, 0.6) is 0 Å². The van der Waals surface area contributed by atoms with Gasteiger partial charge in [-0.3, -0.25) is 0 Å². The zero-order valence-corrected chi connectivity index (χ0v) is 14.4. The van der Waals surface area contributed by atoms with Crippen molar-refractivity contribution in [3.05, 3.63) is 35.9 Å². The Kier molecular flexibility index (Phi) is 8.16. The highest BCUT2D eigenvalue weighted by molar-refractivity contribution is 9.12. The van der Waals surface area contributed by atoms with Crippen molar-refractivity contribution in [2.24, 2.45) is 0 Å². The highest BCUT2D eigenvalue weighted by Crippen LogP contribution is 2.14. The van der Waals surface area contributed by atoms with E-state index >= 15 is 0 Å². The maximum absolute atomic E-state index is 3.66. The van der Waals surface area contributed by atoms with Crippen molar-refractivity contribution in [1.82, 2.24) is 0 Å². The van der Waals surface area contributed by atoms with Gasteiger partial charge in [-0.2, -0.15) is 0 Å². The van der Waals surface area contributed by atoms with Crippen LogP contribution in [-0.4, -0.2) is 35.3 Å². The molecule has 0 radical (unpaired) electrons. The number of halogens is 3. The average Bonchev–Trinajstić information content (AvgIpc) is 2.17. The van der Waals surface area contributed by atoms with Crippen molar-refractivity contribution in [1.29, 1.82) is 0 Å². The lowest BCUT2D eigenvalue weighted by Gasteiger charge is -2.31. The van der Waals surface area contributed by atoms with Crippen LogP contribution in [0.2, 0.25) is 0 Å². The fourth-order valence-electron chi connectivity index (χ4n) is 1.73. The van der Waals surface area contributed by atoms with Crippen LogP contribution in [-0.2, 0) is 6.54 Å². The van der Waals surface area contributed by atoms with Gasteiger partial charge in [-0.25, -0.2) is 0 Å². The molecule has 92 valence electrons. The Labute approximate surface area is 126 Å². The van der Waals surface area contributed by atoms with E-state index in [1.54, 1.807) is 0 Å². The Morgan fingerprint density at radius 1 is 1.19 bits per heavy atom. The van der Waals surface area contributed by atoms with Crippen molar-refractivity contribution < 1.29 is 21.5 Å². The number of hydrogen-bond acceptors (Lipinski definition) is 0. The van der Waals surface area contributed by atoms with Crippen molar-refractivity contribution in [2.45, 2.75) is 11.4 Å². The third-order valence-electron chi connectivity index (χ3n) is 2.31. The first-order valence-corrected chi connectivity index (χ1v) is 7.13. The normalized spacial score (nSPS) is 13.0. The summed E-state index contributed by atoms with van der Waals surface area (Å²) >= 11 is 7.16. The first kappa shape index (κ1) is 16.6. The predicted octanol–water partition coefficient (Wildman–Crippen LogP) is 0.425. The van der Waals surface area contributed by atoms with Gasteiger partial charge in [0, 0.05) is 10.9 Å². The van der Waals surface area contributed by atoms with Crippen LogP contribution in [0.3, 0.4) is 0 Å². The highest BCUT2D eigenvalue weighted by atomic mass is 79.9. The zero-order chi connectivity index (χ0) is 11.3. The molecule has 1 rings (SSSR count). The van der Waals surface area contributed by atoms with Crippen LogP contribution < -0.4 is 17.0 Å². The van der Waals surface area contributed by atoms with E-state index < -0.39 is 0 Å². The Hall–Kier alpha value is 0.620. The molecule has 4 heteroatoms. The van der Waals surface area contributed by atoms with Crippen LogP contribution in [0, 0.1) is 0 Å². The molecule has 1 nitrogen and oxygen atoms in total. The van der Waals surface area contributed by atoms with E-state index in [1.807, 2.05) is 0 Å². The van der Waals surface area contributed by atoms with Gasteiger partial charge < -0.3 is 21.5 Å². The molecule has 0 aliphatic carbocycles. The number of nitrogens with zero attached hydrogens (tertiary/aromatic N) is 1. The second kappa shape index (κ2) is 7.85. The molecule has 0 aliphatic rings. The van der Waals surface area contributed by atoms with Gasteiger partial charge in [0.2, 0.25) is 0 Å². The number of rotatable bonds is 5. The summed E-state index contributed by atoms with van der Waals surface area (Å²) in [5, 5.41) is 1.00. The highest BCUT2D eigenvalue weighted by Gasteiger charge is 2.19.